The highest BCUT2D eigenvalue weighted by molar-refractivity contribution is 7.89. The lowest BCUT2D eigenvalue weighted by atomic mass is 10.6. The normalized spacial score (nSPS) is 12.2. The highest BCUT2D eigenvalue weighted by atomic mass is 32.2. The smallest absolute Gasteiger partial charge is 0.261 e. The summed E-state index contributed by atoms with van der Waals surface area (Å²) in [6.07, 6.45) is 2.91. The molecule has 0 saturated carbocycles. The van der Waals surface area contributed by atoms with Crippen LogP contribution in [0, 0.1) is 0 Å². The van der Waals surface area contributed by atoms with Crippen LogP contribution in [0.2, 0.25) is 0 Å². The first-order valence-corrected chi connectivity index (χ1v) is 6.64. The minimum absolute atomic E-state index is 0.0429. The number of aryl methyl sites for hydroxylation is 1. The fraction of sp³-hybridized carbons (Fsp3) is 0.667. The Hall–Kier alpha value is -0.960. The minimum atomic E-state index is -3.52. The molecule has 7 nitrogen and oxygen atoms in total. The van der Waals surface area contributed by atoms with E-state index in [1.165, 1.54) is 23.9 Å². The van der Waals surface area contributed by atoms with Crippen molar-refractivity contribution in [3.8, 4) is 0 Å². The molecule has 0 fully saturated rings. The zero-order valence-corrected chi connectivity index (χ0v) is 10.9. The molecule has 2 N–H and O–H groups in total. The zero-order valence-electron chi connectivity index (χ0n) is 10.0. The van der Waals surface area contributed by atoms with Crippen LogP contribution in [0.4, 0.5) is 0 Å². The maximum absolute atomic E-state index is 12.0. The SMILES string of the molecule is CN(CCOCCN)S(=O)(=O)c1cn(C)cn1. The molecular formula is C9H18N4O3S. The van der Waals surface area contributed by atoms with Crippen LogP contribution in [0.1, 0.15) is 0 Å². The van der Waals surface area contributed by atoms with E-state index in [-0.39, 0.29) is 11.6 Å². The Labute approximate surface area is 101 Å². The van der Waals surface area contributed by atoms with Gasteiger partial charge in [-0.05, 0) is 0 Å². The molecule has 0 aliphatic heterocycles. The topological polar surface area (TPSA) is 90.5 Å². The van der Waals surface area contributed by atoms with Crippen molar-refractivity contribution < 1.29 is 13.2 Å². The molecule has 0 spiro atoms. The average molecular weight is 262 g/mol. The third kappa shape index (κ3) is 3.77. The van der Waals surface area contributed by atoms with Crippen LogP contribution in [-0.2, 0) is 21.8 Å². The van der Waals surface area contributed by atoms with E-state index in [9.17, 15) is 8.42 Å². The Bertz CT molecular complexity index is 443. The lowest BCUT2D eigenvalue weighted by Gasteiger charge is -2.15. The number of imidazole rings is 1. The molecule has 1 aromatic heterocycles. The predicted molar refractivity (Wildman–Crippen MR) is 62.9 cm³/mol. The molecule has 0 aromatic carbocycles. The molecule has 0 amide bonds. The van der Waals surface area contributed by atoms with Gasteiger partial charge in [0.15, 0.2) is 5.03 Å². The van der Waals surface area contributed by atoms with E-state index < -0.39 is 10.0 Å². The first-order chi connectivity index (χ1) is 7.98. The second kappa shape index (κ2) is 6.10. The summed E-state index contributed by atoms with van der Waals surface area (Å²) in [5.41, 5.74) is 5.26. The van der Waals surface area contributed by atoms with Gasteiger partial charge in [0.2, 0.25) is 0 Å². The third-order valence-electron chi connectivity index (χ3n) is 2.17. The van der Waals surface area contributed by atoms with Gasteiger partial charge in [-0.2, -0.15) is 4.31 Å². The van der Waals surface area contributed by atoms with E-state index in [2.05, 4.69) is 4.98 Å². The van der Waals surface area contributed by atoms with Crippen molar-refractivity contribution in [3.05, 3.63) is 12.5 Å². The molecule has 1 aromatic rings. The van der Waals surface area contributed by atoms with Gasteiger partial charge in [0.25, 0.3) is 10.0 Å². The van der Waals surface area contributed by atoms with E-state index in [1.807, 2.05) is 0 Å². The van der Waals surface area contributed by atoms with Crippen molar-refractivity contribution in [2.45, 2.75) is 5.03 Å². The second-order valence-corrected chi connectivity index (χ2v) is 5.60. The van der Waals surface area contributed by atoms with Crippen molar-refractivity contribution in [2.24, 2.45) is 12.8 Å². The van der Waals surface area contributed by atoms with Crippen molar-refractivity contribution in [1.29, 1.82) is 0 Å². The summed E-state index contributed by atoms with van der Waals surface area (Å²) in [4.78, 5) is 3.83. The molecule has 0 atom stereocenters. The van der Waals surface area contributed by atoms with Gasteiger partial charge >= 0.3 is 0 Å². The molecule has 1 rings (SSSR count). The lowest BCUT2D eigenvalue weighted by molar-refractivity contribution is 0.133. The number of hydrogen-bond acceptors (Lipinski definition) is 5. The van der Waals surface area contributed by atoms with Crippen LogP contribution in [-0.4, -0.2) is 55.6 Å². The largest absolute Gasteiger partial charge is 0.379 e. The molecule has 1 heterocycles. The molecule has 17 heavy (non-hydrogen) atoms. The average Bonchev–Trinajstić information content (AvgIpc) is 2.71. The van der Waals surface area contributed by atoms with Crippen molar-refractivity contribution in [3.63, 3.8) is 0 Å². The van der Waals surface area contributed by atoms with E-state index in [1.54, 1.807) is 11.6 Å². The number of nitrogens with zero attached hydrogens (tertiary/aromatic N) is 3. The number of ether oxygens (including phenoxy) is 1. The van der Waals surface area contributed by atoms with Crippen LogP contribution in [0.5, 0.6) is 0 Å². The van der Waals surface area contributed by atoms with Crippen LogP contribution in [0.25, 0.3) is 0 Å². The van der Waals surface area contributed by atoms with Crippen LogP contribution < -0.4 is 5.73 Å². The van der Waals surface area contributed by atoms with Gasteiger partial charge in [0.05, 0.1) is 19.5 Å². The van der Waals surface area contributed by atoms with Gasteiger partial charge in [0.1, 0.15) is 0 Å². The van der Waals surface area contributed by atoms with E-state index in [0.717, 1.165) is 0 Å². The quantitative estimate of drug-likeness (QED) is 0.638. The van der Waals surface area contributed by atoms with Gasteiger partial charge in [-0.1, -0.05) is 0 Å². The molecule has 8 heteroatoms. The number of sulfonamides is 1. The van der Waals surface area contributed by atoms with Gasteiger partial charge in [0, 0.05) is 33.4 Å². The van der Waals surface area contributed by atoms with Gasteiger partial charge in [-0.25, -0.2) is 13.4 Å². The summed E-state index contributed by atoms with van der Waals surface area (Å²) >= 11 is 0. The Kier molecular flexibility index (Phi) is 5.06. The van der Waals surface area contributed by atoms with Crippen LogP contribution >= 0.6 is 0 Å². The van der Waals surface area contributed by atoms with Crippen LogP contribution in [0.3, 0.4) is 0 Å². The summed E-state index contributed by atoms with van der Waals surface area (Å²) in [6.45, 7) is 1.45. The third-order valence-corrected chi connectivity index (χ3v) is 3.91. The summed E-state index contributed by atoms with van der Waals surface area (Å²) in [5.74, 6) is 0. The Morgan fingerprint density at radius 2 is 2.24 bits per heavy atom. The van der Waals surface area contributed by atoms with Gasteiger partial charge in [-0.15, -0.1) is 0 Å². The Balaban J connectivity index is 2.58. The molecule has 0 radical (unpaired) electrons. The zero-order chi connectivity index (χ0) is 12.9. The highest BCUT2D eigenvalue weighted by Crippen LogP contribution is 2.10. The summed E-state index contributed by atoms with van der Waals surface area (Å²) < 4.78 is 31.9. The van der Waals surface area contributed by atoms with Crippen molar-refractivity contribution in [1.82, 2.24) is 13.9 Å². The van der Waals surface area contributed by atoms with Gasteiger partial charge < -0.3 is 15.0 Å². The number of aromatic nitrogens is 2. The number of nitrogens with two attached hydrogens (primary N) is 1. The Morgan fingerprint density at radius 1 is 1.53 bits per heavy atom. The standard InChI is InChI=1S/C9H18N4O3S/c1-12-7-9(11-8-12)17(14,15)13(2)4-6-16-5-3-10/h7-8H,3-6,10H2,1-2H3. The molecule has 0 unspecified atom stereocenters. The van der Waals surface area contributed by atoms with Crippen LogP contribution in [0.15, 0.2) is 17.6 Å². The predicted octanol–water partition coefficient (Wildman–Crippen LogP) is -0.984. The molecular weight excluding hydrogens is 244 g/mol. The molecule has 0 aliphatic rings. The highest BCUT2D eigenvalue weighted by Gasteiger charge is 2.22. The second-order valence-electron chi connectivity index (χ2n) is 3.60. The molecule has 98 valence electrons. The molecule has 0 saturated heterocycles. The summed E-state index contributed by atoms with van der Waals surface area (Å²) in [7, 11) is -0.301. The Morgan fingerprint density at radius 3 is 2.76 bits per heavy atom. The lowest BCUT2D eigenvalue weighted by Crippen LogP contribution is -2.31. The first kappa shape index (κ1) is 14.1. The number of rotatable bonds is 7. The molecule has 0 bridgehead atoms. The maximum Gasteiger partial charge on any atom is 0.261 e. The van der Waals surface area contributed by atoms with Crippen molar-refractivity contribution in [2.75, 3.05) is 33.4 Å². The summed E-state index contributed by atoms with van der Waals surface area (Å²) in [6, 6.07) is 0. The first-order valence-electron chi connectivity index (χ1n) is 5.20. The number of hydrogen-bond donors (Lipinski definition) is 1. The fourth-order valence-electron chi connectivity index (χ4n) is 1.18. The van der Waals surface area contributed by atoms with Gasteiger partial charge in [-0.3, -0.25) is 0 Å². The molecule has 0 aliphatic carbocycles. The maximum atomic E-state index is 12.0. The van der Waals surface area contributed by atoms with E-state index in [0.29, 0.717) is 19.8 Å². The fourth-order valence-corrected chi connectivity index (χ4v) is 2.29. The van der Waals surface area contributed by atoms with E-state index in [4.69, 9.17) is 10.5 Å². The minimum Gasteiger partial charge on any atom is -0.379 e. The summed E-state index contributed by atoms with van der Waals surface area (Å²) in [5, 5.41) is 0.0429. The monoisotopic (exact) mass is 262 g/mol. The van der Waals surface area contributed by atoms with E-state index >= 15 is 0 Å². The van der Waals surface area contributed by atoms with Crippen molar-refractivity contribution >= 4 is 10.0 Å². The number of likely N-dealkylation sites (N-methyl/N-ethyl adjacent to an activating group) is 1.